The Morgan fingerprint density at radius 3 is 2.44 bits per heavy atom. The predicted octanol–water partition coefficient (Wildman–Crippen LogP) is 7.20. The van der Waals surface area contributed by atoms with Gasteiger partial charge in [0.15, 0.2) is 0 Å². The molecule has 2 aliphatic rings. The van der Waals surface area contributed by atoms with Crippen molar-refractivity contribution >= 4 is 29.1 Å². The van der Waals surface area contributed by atoms with Gasteiger partial charge in [0.25, 0.3) is 5.91 Å². The summed E-state index contributed by atoms with van der Waals surface area (Å²) < 4.78 is 14.9. The van der Waals surface area contributed by atoms with E-state index < -0.39 is 5.67 Å². The van der Waals surface area contributed by atoms with Gasteiger partial charge in [0, 0.05) is 48.9 Å². The standard InChI is InChI=1S/C25H43FN4O2.C8H9Cl/c1-5-13-29(16-11-19(3)6-2)22(31)18-28-21-10-12-25(4,26)17-20(21)23(27)24(32)30-14-8-7-9-15-30;1-6-4-3-5-8(9)7(6)2/h19H,5-18,27H2,1-4H3;3-5H,1-2H3/b23-20-,28-21?;. The van der Waals surface area contributed by atoms with Gasteiger partial charge in [0.2, 0.25) is 5.91 Å². The number of likely N-dealkylation sites (tertiary alicyclic amines) is 1. The first-order chi connectivity index (χ1) is 19.4. The third kappa shape index (κ3) is 11.1. The normalized spacial score (nSPS) is 22.0. The van der Waals surface area contributed by atoms with Gasteiger partial charge in [0.1, 0.15) is 17.9 Å². The second-order valence-electron chi connectivity index (χ2n) is 12.0. The lowest BCUT2D eigenvalue weighted by Gasteiger charge is -2.32. The summed E-state index contributed by atoms with van der Waals surface area (Å²) in [6.45, 7) is 14.9. The van der Waals surface area contributed by atoms with E-state index in [-0.39, 0.29) is 30.5 Å². The van der Waals surface area contributed by atoms with E-state index in [9.17, 15) is 14.0 Å². The molecule has 2 amide bonds. The van der Waals surface area contributed by atoms with Crippen LogP contribution in [0.3, 0.4) is 0 Å². The second-order valence-corrected chi connectivity index (χ2v) is 12.4. The monoisotopic (exact) mass is 590 g/mol. The zero-order valence-corrected chi connectivity index (χ0v) is 27.0. The van der Waals surface area contributed by atoms with Crippen molar-refractivity contribution in [1.82, 2.24) is 9.80 Å². The van der Waals surface area contributed by atoms with Crippen molar-refractivity contribution in [3.05, 3.63) is 45.6 Å². The summed E-state index contributed by atoms with van der Waals surface area (Å²) in [7, 11) is 0. The Hall–Kier alpha value is -2.41. The molecule has 1 heterocycles. The number of carbonyl (C=O) groups is 2. The quantitative estimate of drug-likeness (QED) is 0.309. The number of piperidine rings is 1. The molecule has 2 unspecified atom stereocenters. The van der Waals surface area contributed by atoms with E-state index in [2.05, 4.69) is 38.8 Å². The van der Waals surface area contributed by atoms with Gasteiger partial charge in [-0.3, -0.25) is 14.6 Å². The summed E-state index contributed by atoms with van der Waals surface area (Å²) in [4.78, 5) is 34.1. The number of benzene rings is 1. The van der Waals surface area contributed by atoms with E-state index in [1.165, 1.54) is 11.1 Å². The summed E-state index contributed by atoms with van der Waals surface area (Å²) in [6.07, 6.45) is 6.79. The van der Waals surface area contributed by atoms with E-state index in [1.807, 2.05) is 24.0 Å². The third-order valence-electron chi connectivity index (χ3n) is 8.35. The van der Waals surface area contributed by atoms with Crippen LogP contribution in [-0.2, 0) is 9.59 Å². The van der Waals surface area contributed by atoms with E-state index in [0.717, 1.165) is 50.1 Å². The smallest absolute Gasteiger partial charge is 0.270 e. The number of nitrogens with two attached hydrogens (primary N) is 1. The zero-order chi connectivity index (χ0) is 30.6. The molecule has 6 nitrogen and oxygen atoms in total. The highest BCUT2D eigenvalue weighted by molar-refractivity contribution is 6.31. The lowest BCUT2D eigenvalue weighted by molar-refractivity contribution is -0.130. The maximum absolute atomic E-state index is 14.9. The van der Waals surface area contributed by atoms with Gasteiger partial charge < -0.3 is 15.5 Å². The molecule has 1 aliphatic carbocycles. The van der Waals surface area contributed by atoms with Gasteiger partial charge in [-0.05, 0) is 88.8 Å². The molecule has 8 heteroatoms. The number of aliphatic imine (C=N–C) groups is 1. The van der Waals surface area contributed by atoms with E-state index >= 15 is 0 Å². The fourth-order valence-electron chi connectivity index (χ4n) is 5.10. The number of carbonyl (C=O) groups excluding carboxylic acids is 2. The van der Waals surface area contributed by atoms with Crippen LogP contribution >= 0.6 is 11.6 Å². The molecule has 41 heavy (non-hydrogen) atoms. The van der Waals surface area contributed by atoms with E-state index in [0.29, 0.717) is 49.7 Å². The van der Waals surface area contributed by atoms with Gasteiger partial charge in [-0.2, -0.15) is 0 Å². The van der Waals surface area contributed by atoms with Gasteiger partial charge in [-0.1, -0.05) is 50.9 Å². The summed E-state index contributed by atoms with van der Waals surface area (Å²) in [5.41, 5.74) is 8.51. The number of amides is 2. The van der Waals surface area contributed by atoms with Crippen molar-refractivity contribution in [2.24, 2.45) is 16.6 Å². The summed E-state index contributed by atoms with van der Waals surface area (Å²) >= 11 is 5.81. The molecule has 0 bridgehead atoms. The molecule has 0 aromatic heterocycles. The van der Waals surface area contributed by atoms with Crippen LogP contribution in [0, 0.1) is 19.8 Å². The summed E-state index contributed by atoms with van der Waals surface area (Å²) in [6, 6.07) is 5.93. The lowest BCUT2D eigenvalue weighted by Crippen LogP contribution is -2.41. The first-order valence-corrected chi connectivity index (χ1v) is 15.8. The molecule has 1 aromatic rings. The highest BCUT2D eigenvalue weighted by atomic mass is 35.5. The first-order valence-electron chi connectivity index (χ1n) is 15.4. The molecule has 0 spiro atoms. The number of aryl methyl sites for hydroxylation is 1. The predicted molar refractivity (Wildman–Crippen MR) is 169 cm³/mol. The van der Waals surface area contributed by atoms with Crippen LogP contribution in [0.4, 0.5) is 4.39 Å². The van der Waals surface area contributed by atoms with Crippen molar-refractivity contribution in [1.29, 1.82) is 0 Å². The van der Waals surface area contributed by atoms with Gasteiger partial charge in [0.05, 0.1) is 0 Å². The number of hydrogen-bond donors (Lipinski definition) is 1. The fraction of sp³-hybridized carbons (Fsp3) is 0.667. The van der Waals surface area contributed by atoms with Crippen LogP contribution in [0.5, 0.6) is 0 Å². The average Bonchev–Trinajstić information content (AvgIpc) is 2.96. The Morgan fingerprint density at radius 2 is 1.85 bits per heavy atom. The van der Waals surface area contributed by atoms with E-state index in [1.54, 1.807) is 11.8 Å². The summed E-state index contributed by atoms with van der Waals surface area (Å²) in [5, 5.41) is 0.856. The molecule has 3 rings (SSSR count). The second kappa shape index (κ2) is 16.9. The van der Waals surface area contributed by atoms with Crippen LogP contribution in [-0.4, -0.2) is 65.7 Å². The van der Waals surface area contributed by atoms with Crippen molar-refractivity contribution < 1.29 is 14.0 Å². The van der Waals surface area contributed by atoms with Crippen LogP contribution in [0.2, 0.25) is 5.02 Å². The van der Waals surface area contributed by atoms with Crippen molar-refractivity contribution in [2.45, 2.75) is 105 Å². The maximum atomic E-state index is 14.9. The van der Waals surface area contributed by atoms with Crippen LogP contribution in [0.25, 0.3) is 0 Å². The number of halogens is 2. The Labute approximate surface area is 252 Å². The minimum Gasteiger partial charge on any atom is -0.394 e. The van der Waals surface area contributed by atoms with Gasteiger partial charge >= 0.3 is 0 Å². The average molecular weight is 591 g/mol. The molecule has 2 atom stereocenters. The number of rotatable bonds is 9. The number of hydrogen-bond acceptors (Lipinski definition) is 4. The molecule has 1 saturated carbocycles. The highest BCUT2D eigenvalue weighted by Crippen LogP contribution is 2.34. The van der Waals surface area contributed by atoms with Crippen LogP contribution in [0.15, 0.2) is 34.5 Å². The molecule has 1 aromatic carbocycles. The van der Waals surface area contributed by atoms with Crippen LogP contribution < -0.4 is 5.73 Å². The number of alkyl halides is 1. The Kier molecular flexibility index (Phi) is 14.3. The Balaban J connectivity index is 0.000000553. The molecule has 1 aliphatic heterocycles. The first kappa shape index (κ1) is 34.8. The number of nitrogens with zero attached hydrogens (tertiary/aromatic N) is 3. The third-order valence-corrected chi connectivity index (χ3v) is 8.76. The molecular formula is C33H52ClFN4O2. The maximum Gasteiger partial charge on any atom is 0.270 e. The summed E-state index contributed by atoms with van der Waals surface area (Å²) in [5.74, 6) is 0.332. The molecular weight excluding hydrogens is 539 g/mol. The molecule has 230 valence electrons. The van der Waals surface area contributed by atoms with Crippen molar-refractivity contribution in [2.75, 3.05) is 32.7 Å². The van der Waals surface area contributed by atoms with Gasteiger partial charge in [-0.25, -0.2) is 4.39 Å². The SMILES string of the molecule is CCCN(CCC(C)CC)C(=O)CN=C1CCC(C)(F)C/C1=C(/N)C(=O)N1CCCCC1.Cc1cccc(Cl)c1C. The molecule has 2 fully saturated rings. The van der Waals surface area contributed by atoms with Crippen LogP contribution in [0.1, 0.15) is 96.6 Å². The molecule has 2 N–H and O–H groups in total. The minimum absolute atomic E-state index is 0.0171. The fourth-order valence-corrected chi connectivity index (χ4v) is 5.32. The Morgan fingerprint density at radius 1 is 1.17 bits per heavy atom. The molecule has 0 radical (unpaired) electrons. The van der Waals surface area contributed by atoms with Crippen molar-refractivity contribution in [3.8, 4) is 0 Å². The Bertz CT molecular complexity index is 1060. The highest BCUT2D eigenvalue weighted by Gasteiger charge is 2.35. The van der Waals surface area contributed by atoms with Crippen molar-refractivity contribution in [3.63, 3.8) is 0 Å². The zero-order valence-electron chi connectivity index (χ0n) is 26.2. The van der Waals surface area contributed by atoms with E-state index in [4.69, 9.17) is 17.3 Å². The van der Waals surface area contributed by atoms with Gasteiger partial charge in [-0.15, -0.1) is 0 Å². The number of allylic oxidation sites excluding steroid dienone is 1. The topological polar surface area (TPSA) is 79.0 Å². The minimum atomic E-state index is -1.42. The molecule has 1 saturated heterocycles. The largest absolute Gasteiger partial charge is 0.394 e. The lowest BCUT2D eigenvalue weighted by atomic mass is 9.81.